The van der Waals surface area contributed by atoms with Crippen LogP contribution in [0.3, 0.4) is 0 Å². The van der Waals surface area contributed by atoms with Crippen LogP contribution in [0.25, 0.3) is 0 Å². The van der Waals surface area contributed by atoms with E-state index in [0.717, 1.165) is 25.2 Å². The maximum absolute atomic E-state index is 11.0. The Hall–Kier alpha value is -2.49. The smallest absolute Gasteiger partial charge is 0.335 e. The molecule has 2 aromatic rings. The molecule has 0 unspecified atom stereocenters. The molecule has 0 saturated heterocycles. The summed E-state index contributed by atoms with van der Waals surface area (Å²) in [6.07, 6.45) is 1.16. The first kappa shape index (κ1) is 19.3. The number of hydrogen-bond acceptors (Lipinski definition) is 3. The normalized spacial score (nSPS) is 15.6. The van der Waals surface area contributed by atoms with Crippen molar-refractivity contribution >= 4 is 17.3 Å². The Morgan fingerprint density at radius 1 is 1.22 bits per heavy atom. The Kier molecular flexibility index (Phi) is 5.18. The Labute approximate surface area is 162 Å². The number of aryl methyl sites for hydroxylation is 1. The summed E-state index contributed by atoms with van der Waals surface area (Å²) in [5.41, 5.74) is 6.77. The summed E-state index contributed by atoms with van der Waals surface area (Å²) < 4.78 is 0. The van der Waals surface area contributed by atoms with Crippen LogP contribution < -0.4 is 10.2 Å². The van der Waals surface area contributed by atoms with E-state index in [-0.39, 0.29) is 5.41 Å². The van der Waals surface area contributed by atoms with Gasteiger partial charge in [-0.1, -0.05) is 19.9 Å². The largest absolute Gasteiger partial charge is 0.478 e. The SMILES string of the molecule is Cc1cc2c(cc1CNc1ccc(C(=O)O)cc1)C(C)(C)CCN2C(C)C. The van der Waals surface area contributed by atoms with Crippen molar-refractivity contribution in [1.29, 1.82) is 0 Å². The zero-order valence-electron chi connectivity index (χ0n) is 17.0. The lowest BCUT2D eigenvalue weighted by atomic mass is 9.76. The van der Waals surface area contributed by atoms with Crippen LogP contribution in [0, 0.1) is 6.92 Å². The molecule has 0 aliphatic carbocycles. The first-order chi connectivity index (χ1) is 12.7. The number of anilines is 2. The monoisotopic (exact) mass is 366 g/mol. The third-order valence-electron chi connectivity index (χ3n) is 5.71. The molecule has 3 rings (SSSR count). The summed E-state index contributed by atoms with van der Waals surface area (Å²) in [7, 11) is 0. The molecule has 0 aromatic heterocycles. The van der Waals surface area contributed by atoms with Crippen LogP contribution in [-0.4, -0.2) is 23.7 Å². The van der Waals surface area contributed by atoms with Gasteiger partial charge in [0.05, 0.1) is 5.56 Å². The highest BCUT2D eigenvalue weighted by Crippen LogP contribution is 2.41. The highest BCUT2D eigenvalue weighted by Gasteiger charge is 2.32. The van der Waals surface area contributed by atoms with Gasteiger partial charge in [-0.25, -0.2) is 4.79 Å². The number of nitrogens with one attached hydrogen (secondary N) is 1. The number of carbonyl (C=O) groups is 1. The number of benzene rings is 2. The Balaban J connectivity index is 1.85. The van der Waals surface area contributed by atoms with E-state index in [0.29, 0.717) is 11.6 Å². The van der Waals surface area contributed by atoms with Crippen molar-refractivity contribution in [1.82, 2.24) is 0 Å². The number of fused-ring (bicyclic) bond motifs is 1. The minimum atomic E-state index is -0.899. The van der Waals surface area contributed by atoms with Gasteiger partial charge in [-0.15, -0.1) is 0 Å². The third kappa shape index (κ3) is 3.95. The van der Waals surface area contributed by atoms with Crippen molar-refractivity contribution in [3.63, 3.8) is 0 Å². The molecule has 0 amide bonds. The van der Waals surface area contributed by atoms with Crippen molar-refractivity contribution in [2.24, 2.45) is 0 Å². The topological polar surface area (TPSA) is 52.6 Å². The lowest BCUT2D eigenvalue weighted by molar-refractivity contribution is 0.0697. The summed E-state index contributed by atoms with van der Waals surface area (Å²) in [5, 5.41) is 12.4. The van der Waals surface area contributed by atoms with Crippen LogP contribution in [-0.2, 0) is 12.0 Å². The molecule has 0 spiro atoms. The highest BCUT2D eigenvalue weighted by atomic mass is 16.4. The van der Waals surface area contributed by atoms with E-state index in [9.17, 15) is 4.79 Å². The van der Waals surface area contributed by atoms with Gasteiger partial charge in [0.1, 0.15) is 0 Å². The Bertz CT molecular complexity index is 838. The number of hydrogen-bond donors (Lipinski definition) is 2. The average molecular weight is 367 g/mol. The number of nitrogens with zero attached hydrogens (tertiary/aromatic N) is 1. The van der Waals surface area contributed by atoms with E-state index < -0.39 is 5.97 Å². The predicted octanol–water partition coefficient (Wildman–Crippen LogP) is 5.20. The summed E-state index contributed by atoms with van der Waals surface area (Å²) in [6, 6.07) is 12.1. The number of carboxylic acids is 1. The molecule has 1 aliphatic heterocycles. The fourth-order valence-electron chi connectivity index (χ4n) is 3.83. The van der Waals surface area contributed by atoms with Crippen LogP contribution in [0.1, 0.15) is 61.2 Å². The molecule has 0 saturated carbocycles. The molecule has 4 heteroatoms. The standard InChI is InChI=1S/C23H30N2O2/c1-15(2)25-11-10-23(4,5)20-13-18(16(3)12-21(20)25)14-24-19-8-6-17(7-9-19)22(26)27/h6-9,12-13,15,24H,10-11,14H2,1-5H3,(H,26,27). The minimum Gasteiger partial charge on any atom is -0.478 e. The van der Waals surface area contributed by atoms with Crippen LogP contribution in [0.5, 0.6) is 0 Å². The van der Waals surface area contributed by atoms with E-state index in [2.05, 4.69) is 57.0 Å². The van der Waals surface area contributed by atoms with Gasteiger partial charge in [-0.2, -0.15) is 0 Å². The molecule has 2 aromatic carbocycles. The van der Waals surface area contributed by atoms with Crippen LogP contribution in [0.15, 0.2) is 36.4 Å². The molecule has 27 heavy (non-hydrogen) atoms. The first-order valence-corrected chi connectivity index (χ1v) is 9.67. The van der Waals surface area contributed by atoms with Gasteiger partial charge in [-0.3, -0.25) is 0 Å². The molecule has 0 bridgehead atoms. The van der Waals surface area contributed by atoms with Gasteiger partial charge in [0.25, 0.3) is 0 Å². The second-order valence-electron chi connectivity index (χ2n) is 8.45. The fraction of sp³-hybridized carbons (Fsp3) is 0.435. The number of aromatic carboxylic acids is 1. The molecule has 0 atom stereocenters. The van der Waals surface area contributed by atoms with Gasteiger partial charge >= 0.3 is 5.97 Å². The molecule has 1 heterocycles. The quantitative estimate of drug-likeness (QED) is 0.763. The summed E-state index contributed by atoms with van der Waals surface area (Å²) >= 11 is 0. The molecular weight excluding hydrogens is 336 g/mol. The van der Waals surface area contributed by atoms with Crippen molar-refractivity contribution in [2.75, 3.05) is 16.8 Å². The van der Waals surface area contributed by atoms with E-state index >= 15 is 0 Å². The van der Waals surface area contributed by atoms with Crippen molar-refractivity contribution in [3.8, 4) is 0 Å². The summed E-state index contributed by atoms with van der Waals surface area (Å²) in [4.78, 5) is 13.5. The number of carboxylic acid groups (broad SMARTS) is 1. The molecule has 2 N–H and O–H groups in total. The van der Waals surface area contributed by atoms with Crippen molar-refractivity contribution in [3.05, 3.63) is 58.7 Å². The maximum atomic E-state index is 11.0. The molecule has 144 valence electrons. The lowest BCUT2D eigenvalue weighted by Crippen LogP contribution is -2.41. The second-order valence-corrected chi connectivity index (χ2v) is 8.45. The van der Waals surface area contributed by atoms with Gasteiger partial charge < -0.3 is 15.3 Å². The van der Waals surface area contributed by atoms with Crippen molar-refractivity contribution in [2.45, 2.75) is 59.0 Å². The zero-order chi connectivity index (χ0) is 19.8. The van der Waals surface area contributed by atoms with Gasteiger partial charge in [0.2, 0.25) is 0 Å². The first-order valence-electron chi connectivity index (χ1n) is 9.67. The van der Waals surface area contributed by atoms with Gasteiger partial charge in [0.15, 0.2) is 0 Å². The van der Waals surface area contributed by atoms with Gasteiger partial charge in [-0.05, 0) is 79.6 Å². The third-order valence-corrected chi connectivity index (χ3v) is 5.71. The van der Waals surface area contributed by atoms with Crippen molar-refractivity contribution < 1.29 is 9.90 Å². The lowest BCUT2D eigenvalue weighted by Gasteiger charge is -2.43. The molecule has 0 fully saturated rings. The number of rotatable bonds is 5. The van der Waals surface area contributed by atoms with Crippen LogP contribution >= 0.6 is 0 Å². The molecule has 4 nitrogen and oxygen atoms in total. The van der Waals surface area contributed by atoms with E-state index in [1.807, 2.05) is 12.1 Å². The fourth-order valence-corrected chi connectivity index (χ4v) is 3.83. The molecule has 1 aliphatic rings. The Morgan fingerprint density at radius 3 is 2.48 bits per heavy atom. The average Bonchev–Trinajstić information content (AvgIpc) is 2.60. The maximum Gasteiger partial charge on any atom is 0.335 e. The van der Waals surface area contributed by atoms with Crippen LogP contribution in [0.2, 0.25) is 0 Å². The van der Waals surface area contributed by atoms with Crippen LogP contribution in [0.4, 0.5) is 11.4 Å². The van der Waals surface area contributed by atoms with Gasteiger partial charge in [0, 0.05) is 30.5 Å². The Morgan fingerprint density at radius 2 is 1.89 bits per heavy atom. The van der Waals surface area contributed by atoms with E-state index in [1.54, 1.807) is 12.1 Å². The summed E-state index contributed by atoms with van der Waals surface area (Å²) in [6.45, 7) is 13.2. The summed E-state index contributed by atoms with van der Waals surface area (Å²) in [5.74, 6) is -0.899. The predicted molar refractivity (Wildman–Crippen MR) is 112 cm³/mol. The highest BCUT2D eigenvalue weighted by molar-refractivity contribution is 5.88. The minimum absolute atomic E-state index is 0.173. The van der Waals surface area contributed by atoms with E-state index in [4.69, 9.17) is 5.11 Å². The zero-order valence-corrected chi connectivity index (χ0v) is 17.0. The second kappa shape index (κ2) is 7.26. The molecular formula is C23H30N2O2. The molecule has 0 radical (unpaired) electrons. The van der Waals surface area contributed by atoms with E-state index in [1.165, 1.54) is 22.4 Å².